The highest BCUT2D eigenvalue weighted by molar-refractivity contribution is 6.39. The number of hydrogen-bond donors (Lipinski definition) is 3. The predicted octanol–water partition coefficient (Wildman–Crippen LogP) is 4.15. The first-order valence-corrected chi connectivity index (χ1v) is 8.47. The van der Waals surface area contributed by atoms with Gasteiger partial charge in [-0.3, -0.25) is 14.9 Å². The van der Waals surface area contributed by atoms with Crippen LogP contribution >= 0.6 is 0 Å². The third-order valence-electron chi connectivity index (χ3n) is 5.34. The lowest BCUT2D eigenvalue weighted by Crippen LogP contribution is -2.20. The highest BCUT2D eigenvalue weighted by Gasteiger charge is 2.34. The van der Waals surface area contributed by atoms with Gasteiger partial charge in [0.15, 0.2) is 0 Å². The molecule has 0 saturated carbocycles. The van der Waals surface area contributed by atoms with Crippen molar-refractivity contribution in [2.75, 3.05) is 0 Å². The van der Waals surface area contributed by atoms with Crippen LogP contribution in [0.4, 0.5) is 0 Å². The number of rotatable bonds is 0. The number of nitrogens with one attached hydrogen (secondary N) is 3. The largest absolute Gasteiger partial charge is 0.353 e. The van der Waals surface area contributed by atoms with Gasteiger partial charge in [0.1, 0.15) is 0 Å². The van der Waals surface area contributed by atoms with E-state index in [-0.39, 0.29) is 11.8 Å². The number of carbonyl (C=O) groups is 2. The number of aryl methyl sites for hydroxylation is 1. The maximum absolute atomic E-state index is 12.7. The van der Waals surface area contributed by atoms with Crippen LogP contribution < -0.4 is 5.32 Å². The number of amides is 2. The van der Waals surface area contributed by atoms with Gasteiger partial charge in [-0.25, -0.2) is 0 Å². The summed E-state index contributed by atoms with van der Waals surface area (Å²) in [7, 11) is 0. The monoisotopic (exact) mass is 339 g/mol. The van der Waals surface area contributed by atoms with E-state index in [1.165, 1.54) is 0 Å². The fourth-order valence-corrected chi connectivity index (χ4v) is 4.27. The summed E-state index contributed by atoms with van der Waals surface area (Å²) in [5, 5.41) is 6.00. The average molecular weight is 339 g/mol. The Morgan fingerprint density at radius 2 is 1.35 bits per heavy atom. The lowest BCUT2D eigenvalue weighted by atomic mass is 9.96. The number of carbonyl (C=O) groups excluding carboxylic acids is 2. The van der Waals surface area contributed by atoms with Gasteiger partial charge in [-0.05, 0) is 25.1 Å². The number of aromatic nitrogens is 2. The van der Waals surface area contributed by atoms with Crippen molar-refractivity contribution < 1.29 is 9.59 Å². The fraction of sp³-hybridized carbons (Fsp3) is 0.0476. The third kappa shape index (κ3) is 1.46. The van der Waals surface area contributed by atoms with Crippen LogP contribution in [0.15, 0.2) is 42.5 Å². The van der Waals surface area contributed by atoms with Gasteiger partial charge in [0.05, 0.1) is 22.2 Å². The minimum Gasteiger partial charge on any atom is -0.353 e. The molecule has 0 radical (unpaired) electrons. The molecule has 0 fully saturated rings. The summed E-state index contributed by atoms with van der Waals surface area (Å²) in [6.07, 6.45) is 0. The Labute approximate surface area is 147 Å². The molecule has 2 aromatic heterocycles. The van der Waals surface area contributed by atoms with Crippen LogP contribution in [0.2, 0.25) is 0 Å². The number of fused-ring (bicyclic) bond motifs is 10. The number of benzene rings is 3. The summed E-state index contributed by atoms with van der Waals surface area (Å²) in [5.41, 5.74) is 5.66. The van der Waals surface area contributed by atoms with E-state index in [1.54, 1.807) is 0 Å². The number of H-pyrrole nitrogens is 2. The maximum Gasteiger partial charge on any atom is 0.259 e. The van der Waals surface area contributed by atoms with Gasteiger partial charge in [0.2, 0.25) is 0 Å². The molecule has 1 aliphatic rings. The molecule has 3 N–H and O–H groups in total. The van der Waals surface area contributed by atoms with E-state index in [2.05, 4.69) is 21.4 Å². The third-order valence-corrected chi connectivity index (χ3v) is 5.34. The molecule has 0 unspecified atom stereocenters. The Morgan fingerprint density at radius 1 is 0.731 bits per heavy atom. The summed E-state index contributed by atoms with van der Waals surface area (Å²) >= 11 is 0. The van der Waals surface area contributed by atoms with E-state index < -0.39 is 0 Å². The molecule has 5 heteroatoms. The van der Waals surface area contributed by atoms with Crippen molar-refractivity contribution in [3.8, 4) is 0 Å². The molecule has 1 aliphatic heterocycles. The summed E-state index contributed by atoms with van der Waals surface area (Å²) in [4.78, 5) is 32.2. The van der Waals surface area contributed by atoms with Crippen molar-refractivity contribution in [1.29, 1.82) is 0 Å². The molecule has 3 aromatic carbocycles. The molecule has 5 nitrogen and oxygen atoms in total. The minimum absolute atomic E-state index is 0.329. The molecule has 5 aromatic rings. The second-order valence-corrected chi connectivity index (χ2v) is 6.88. The van der Waals surface area contributed by atoms with Crippen LogP contribution in [0.1, 0.15) is 26.3 Å². The van der Waals surface area contributed by atoms with Crippen LogP contribution in [0.3, 0.4) is 0 Å². The van der Waals surface area contributed by atoms with Gasteiger partial charge in [-0.15, -0.1) is 0 Å². The first-order valence-electron chi connectivity index (χ1n) is 8.47. The van der Waals surface area contributed by atoms with Crippen molar-refractivity contribution in [1.82, 2.24) is 15.3 Å². The zero-order chi connectivity index (χ0) is 17.6. The Balaban J connectivity index is 2.01. The van der Waals surface area contributed by atoms with Gasteiger partial charge in [-0.2, -0.15) is 0 Å². The lowest BCUT2D eigenvalue weighted by molar-refractivity contribution is 0.0880. The summed E-state index contributed by atoms with van der Waals surface area (Å²) < 4.78 is 0. The van der Waals surface area contributed by atoms with Crippen LogP contribution in [0, 0.1) is 6.92 Å². The van der Waals surface area contributed by atoms with Crippen LogP contribution in [-0.2, 0) is 0 Å². The Bertz CT molecular complexity index is 1450. The molecule has 0 aliphatic carbocycles. The second kappa shape index (κ2) is 4.32. The summed E-state index contributed by atoms with van der Waals surface area (Å²) in [5.74, 6) is -0.659. The maximum atomic E-state index is 12.7. The zero-order valence-electron chi connectivity index (χ0n) is 13.9. The van der Waals surface area contributed by atoms with E-state index >= 15 is 0 Å². The van der Waals surface area contributed by atoms with Gasteiger partial charge < -0.3 is 9.97 Å². The first kappa shape index (κ1) is 13.7. The van der Waals surface area contributed by atoms with E-state index in [9.17, 15) is 9.59 Å². The summed E-state index contributed by atoms with van der Waals surface area (Å²) in [6.45, 7) is 2.02. The quantitative estimate of drug-likeness (QED) is 0.371. The fourth-order valence-electron chi connectivity index (χ4n) is 4.27. The zero-order valence-corrected chi connectivity index (χ0v) is 13.9. The Kier molecular flexibility index (Phi) is 2.27. The van der Waals surface area contributed by atoms with Gasteiger partial charge >= 0.3 is 0 Å². The Hall–Kier alpha value is -3.60. The number of hydrogen-bond acceptors (Lipinski definition) is 2. The van der Waals surface area contributed by atoms with E-state index in [0.29, 0.717) is 11.1 Å². The molecule has 2 amide bonds. The standard InChI is InChI=1S/C21H13N3O2/c1-9-6-7-13-11(8-9)15-17-16(20(25)24-21(17)26)14-10-4-2-3-5-12(10)22-18(14)19(15)23-13/h2-8,22-23H,1H3,(H,24,25,26). The molecule has 3 heterocycles. The number of imide groups is 1. The predicted molar refractivity (Wildman–Crippen MR) is 102 cm³/mol. The molecule has 0 atom stereocenters. The van der Waals surface area contributed by atoms with Crippen molar-refractivity contribution in [2.24, 2.45) is 0 Å². The highest BCUT2D eigenvalue weighted by atomic mass is 16.2. The smallest absolute Gasteiger partial charge is 0.259 e. The molecule has 124 valence electrons. The van der Waals surface area contributed by atoms with E-state index in [4.69, 9.17) is 0 Å². The van der Waals surface area contributed by atoms with Crippen LogP contribution in [0.25, 0.3) is 43.6 Å². The van der Waals surface area contributed by atoms with Crippen molar-refractivity contribution in [3.63, 3.8) is 0 Å². The molecule has 0 spiro atoms. The summed E-state index contributed by atoms with van der Waals surface area (Å²) in [6, 6.07) is 14.0. The molecule has 0 saturated heterocycles. The molecule has 26 heavy (non-hydrogen) atoms. The highest BCUT2D eigenvalue weighted by Crippen LogP contribution is 2.41. The van der Waals surface area contributed by atoms with Gasteiger partial charge in [-0.1, -0.05) is 29.8 Å². The van der Waals surface area contributed by atoms with Gasteiger partial charge in [0.25, 0.3) is 11.8 Å². The Morgan fingerprint density at radius 3 is 2.08 bits per heavy atom. The normalized spacial score (nSPS) is 14.0. The molecule has 6 rings (SSSR count). The SMILES string of the molecule is Cc1ccc2[nH]c3c4[nH]c5ccccc5c4c4c(c3c2c1)C(=O)NC4=O. The van der Waals surface area contributed by atoms with E-state index in [1.807, 2.05) is 43.3 Å². The molecule has 0 bridgehead atoms. The molecular formula is C21H13N3O2. The topological polar surface area (TPSA) is 77.8 Å². The van der Waals surface area contributed by atoms with Crippen molar-refractivity contribution >= 4 is 55.4 Å². The van der Waals surface area contributed by atoms with Crippen LogP contribution in [0.5, 0.6) is 0 Å². The van der Waals surface area contributed by atoms with E-state index in [0.717, 1.165) is 49.2 Å². The van der Waals surface area contributed by atoms with Crippen LogP contribution in [-0.4, -0.2) is 21.8 Å². The number of aromatic amines is 2. The van der Waals surface area contributed by atoms with Crippen molar-refractivity contribution in [3.05, 3.63) is 59.2 Å². The number of para-hydroxylation sites is 1. The minimum atomic E-state index is -0.330. The van der Waals surface area contributed by atoms with Gasteiger partial charge in [0, 0.05) is 32.6 Å². The lowest BCUT2D eigenvalue weighted by Gasteiger charge is -2.03. The molecular weight excluding hydrogens is 326 g/mol. The second-order valence-electron chi connectivity index (χ2n) is 6.88. The van der Waals surface area contributed by atoms with Crippen molar-refractivity contribution in [2.45, 2.75) is 6.92 Å². The average Bonchev–Trinajstić information content (AvgIpc) is 3.26. The first-order chi connectivity index (χ1) is 12.6.